The molecule has 5 nitrogen and oxygen atoms in total. The second kappa shape index (κ2) is 4.94. The van der Waals surface area contributed by atoms with Crippen LogP contribution in [0.2, 0.25) is 0 Å². The monoisotopic (exact) mass is 290 g/mol. The largest absolute Gasteiger partial charge is 0.306 e. The van der Waals surface area contributed by atoms with E-state index < -0.39 is 0 Å². The Morgan fingerprint density at radius 2 is 2.32 bits per heavy atom. The number of thiophene rings is 1. The van der Waals surface area contributed by atoms with E-state index >= 15 is 0 Å². The summed E-state index contributed by atoms with van der Waals surface area (Å²) in [7, 11) is 0. The number of thiazole rings is 1. The quantitative estimate of drug-likeness (QED) is 0.778. The molecule has 0 saturated heterocycles. The van der Waals surface area contributed by atoms with Crippen molar-refractivity contribution in [2.75, 3.05) is 5.32 Å². The van der Waals surface area contributed by atoms with Gasteiger partial charge in [-0.1, -0.05) is 6.07 Å². The summed E-state index contributed by atoms with van der Waals surface area (Å²) < 4.78 is 0. The molecule has 0 aromatic carbocycles. The van der Waals surface area contributed by atoms with Gasteiger partial charge in [0.05, 0.1) is 16.8 Å². The Kier molecular flexibility index (Phi) is 3.14. The van der Waals surface area contributed by atoms with Gasteiger partial charge in [-0.15, -0.1) is 22.7 Å². The van der Waals surface area contributed by atoms with Crippen LogP contribution < -0.4 is 5.32 Å². The number of hydrogen-bond acceptors (Lipinski definition) is 5. The van der Waals surface area contributed by atoms with E-state index in [9.17, 15) is 4.79 Å². The average Bonchev–Trinajstić information content (AvgIpc) is 3.07. The molecule has 1 amide bonds. The Morgan fingerprint density at radius 3 is 3.00 bits per heavy atom. The van der Waals surface area contributed by atoms with Crippen LogP contribution in [0.25, 0.3) is 9.88 Å². The lowest BCUT2D eigenvalue weighted by Crippen LogP contribution is -2.11. The summed E-state index contributed by atoms with van der Waals surface area (Å²) in [5.74, 6) is 0.414. The fraction of sp³-hybridized carbons (Fsp3) is 0.0833. The van der Waals surface area contributed by atoms with E-state index in [1.165, 1.54) is 11.3 Å². The van der Waals surface area contributed by atoms with E-state index in [1.807, 2.05) is 24.4 Å². The van der Waals surface area contributed by atoms with E-state index in [0.717, 1.165) is 15.6 Å². The fourth-order valence-electron chi connectivity index (χ4n) is 1.62. The molecular weight excluding hydrogens is 280 g/mol. The average molecular weight is 290 g/mol. The van der Waals surface area contributed by atoms with Crippen molar-refractivity contribution in [2.24, 2.45) is 0 Å². The number of amides is 1. The van der Waals surface area contributed by atoms with Gasteiger partial charge in [0.25, 0.3) is 5.91 Å². The Labute approximate surface area is 117 Å². The van der Waals surface area contributed by atoms with Crippen molar-refractivity contribution in [3.05, 3.63) is 40.3 Å². The number of nitrogens with zero attached hydrogens (tertiary/aromatic N) is 2. The van der Waals surface area contributed by atoms with Crippen LogP contribution in [0.1, 0.15) is 15.4 Å². The van der Waals surface area contributed by atoms with E-state index in [0.29, 0.717) is 10.7 Å². The zero-order chi connectivity index (χ0) is 13.2. The number of hydrogen-bond donors (Lipinski definition) is 2. The number of carbonyl (C=O) groups is 1. The Hall–Kier alpha value is -1.99. The van der Waals surface area contributed by atoms with E-state index in [1.54, 1.807) is 23.6 Å². The number of H-pyrrole nitrogens is 1. The number of carbonyl (C=O) groups excluding carboxylic acids is 1. The summed E-state index contributed by atoms with van der Waals surface area (Å²) in [6, 6.07) is 5.68. The van der Waals surface area contributed by atoms with Crippen molar-refractivity contribution in [3.63, 3.8) is 0 Å². The number of nitrogens with one attached hydrogen (secondary N) is 2. The van der Waals surface area contributed by atoms with Crippen molar-refractivity contribution in [1.29, 1.82) is 0 Å². The highest BCUT2D eigenvalue weighted by Crippen LogP contribution is 2.31. The second-order valence-electron chi connectivity index (χ2n) is 3.84. The van der Waals surface area contributed by atoms with Gasteiger partial charge in [-0.25, -0.2) is 4.98 Å². The summed E-state index contributed by atoms with van der Waals surface area (Å²) in [5.41, 5.74) is 0.741. The van der Waals surface area contributed by atoms with Gasteiger partial charge in [0.15, 0.2) is 0 Å². The zero-order valence-electron chi connectivity index (χ0n) is 10.0. The summed E-state index contributed by atoms with van der Waals surface area (Å²) in [4.78, 5) is 18.3. The fourth-order valence-corrected chi connectivity index (χ4v) is 3.38. The molecule has 3 heterocycles. The summed E-state index contributed by atoms with van der Waals surface area (Å²) >= 11 is 3.02. The SMILES string of the molecule is Cc1nc(-c2cccs2)sc1C(=O)Nc1ccn[nH]1. The van der Waals surface area contributed by atoms with Crippen LogP contribution in [0.5, 0.6) is 0 Å². The van der Waals surface area contributed by atoms with Crippen molar-refractivity contribution >= 4 is 34.4 Å². The van der Waals surface area contributed by atoms with Crippen molar-refractivity contribution < 1.29 is 4.79 Å². The maximum Gasteiger partial charge on any atom is 0.268 e. The third-order valence-corrected chi connectivity index (χ3v) is 4.68. The summed E-state index contributed by atoms with van der Waals surface area (Å²) in [6.07, 6.45) is 1.59. The minimum atomic E-state index is -0.165. The molecule has 0 atom stereocenters. The van der Waals surface area contributed by atoms with E-state index in [-0.39, 0.29) is 5.91 Å². The highest BCUT2D eigenvalue weighted by atomic mass is 32.1. The number of anilines is 1. The molecule has 0 aliphatic carbocycles. The van der Waals surface area contributed by atoms with Crippen LogP contribution in [-0.2, 0) is 0 Å². The van der Waals surface area contributed by atoms with Gasteiger partial charge in [-0.3, -0.25) is 9.89 Å². The van der Waals surface area contributed by atoms with Crippen LogP contribution in [0.4, 0.5) is 5.82 Å². The molecule has 0 aliphatic heterocycles. The molecular formula is C12H10N4OS2. The van der Waals surface area contributed by atoms with Crippen LogP contribution in [0, 0.1) is 6.92 Å². The molecule has 2 N–H and O–H groups in total. The molecule has 0 radical (unpaired) electrons. The third-order valence-electron chi connectivity index (χ3n) is 2.48. The van der Waals surface area contributed by atoms with E-state index in [2.05, 4.69) is 20.5 Å². The van der Waals surface area contributed by atoms with Gasteiger partial charge in [0.1, 0.15) is 15.7 Å². The number of aromatic amines is 1. The lowest BCUT2D eigenvalue weighted by atomic mass is 10.3. The molecule has 96 valence electrons. The summed E-state index contributed by atoms with van der Waals surface area (Å²) in [6.45, 7) is 1.84. The highest BCUT2D eigenvalue weighted by molar-refractivity contribution is 7.22. The first kappa shape index (κ1) is 12.1. The highest BCUT2D eigenvalue weighted by Gasteiger charge is 2.17. The zero-order valence-corrected chi connectivity index (χ0v) is 11.6. The molecule has 3 aromatic rings. The topological polar surface area (TPSA) is 70.7 Å². The standard InChI is InChI=1S/C12H10N4OS2/c1-7-10(11(17)15-9-4-5-13-16-9)19-12(14-7)8-3-2-6-18-8/h2-6H,1H3,(H2,13,15,16,17). The molecule has 0 spiro atoms. The number of aryl methyl sites for hydroxylation is 1. The van der Waals surface area contributed by atoms with Crippen LogP contribution >= 0.6 is 22.7 Å². The molecule has 0 saturated carbocycles. The molecule has 3 aromatic heterocycles. The predicted molar refractivity (Wildman–Crippen MR) is 76.7 cm³/mol. The maximum atomic E-state index is 12.1. The smallest absolute Gasteiger partial charge is 0.268 e. The van der Waals surface area contributed by atoms with Crippen LogP contribution in [0.3, 0.4) is 0 Å². The van der Waals surface area contributed by atoms with Gasteiger partial charge in [0.2, 0.25) is 0 Å². The third kappa shape index (κ3) is 2.42. The first-order valence-corrected chi connectivity index (χ1v) is 7.25. The maximum absolute atomic E-state index is 12.1. The molecule has 0 bridgehead atoms. The molecule has 0 unspecified atom stereocenters. The van der Waals surface area contributed by atoms with Gasteiger partial charge in [-0.2, -0.15) is 5.10 Å². The minimum absolute atomic E-state index is 0.165. The lowest BCUT2D eigenvalue weighted by molar-refractivity contribution is 0.102. The first-order chi connectivity index (χ1) is 9.24. The Morgan fingerprint density at radius 1 is 1.42 bits per heavy atom. The van der Waals surface area contributed by atoms with Crippen molar-refractivity contribution in [1.82, 2.24) is 15.2 Å². The summed E-state index contributed by atoms with van der Waals surface area (Å²) in [5, 5.41) is 12.1. The lowest BCUT2D eigenvalue weighted by Gasteiger charge is -1.99. The van der Waals surface area contributed by atoms with Crippen molar-refractivity contribution in [3.8, 4) is 9.88 Å². The van der Waals surface area contributed by atoms with Crippen LogP contribution in [-0.4, -0.2) is 21.1 Å². The number of rotatable bonds is 3. The molecule has 19 heavy (non-hydrogen) atoms. The van der Waals surface area contributed by atoms with E-state index in [4.69, 9.17) is 0 Å². The number of aromatic nitrogens is 3. The molecule has 3 rings (SSSR count). The van der Waals surface area contributed by atoms with Gasteiger partial charge >= 0.3 is 0 Å². The van der Waals surface area contributed by atoms with Crippen LogP contribution in [0.15, 0.2) is 29.8 Å². The molecule has 0 fully saturated rings. The Bertz CT molecular complexity index is 685. The molecule has 0 aliphatic rings. The minimum Gasteiger partial charge on any atom is -0.306 e. The predicted octanol–water partition coefficient (Wildman–Crippen LogP) is 3.16. The Balaban J connectivity index is 1.87. The van der Waals surface area contributed by atoms with Gasteiger partial charge in [0, 0.05) is 6.07 Å². The molecule has 7 heteroatoms. The van der Waals surface area contributed by atoms with Gasteiger partial charge in [-0.05, 0) is 18.4 Å². The van der Waals surface area contributed by atoms with Gasteiger partial charge < -0.3 is 5.32 Å². The first-order valence-electron chi connectivity index (χ1n) is 5.56. The second-order valence-corrected chi connectivity index (χ2v) is 5.78. The normalized spacial score (nSPS) is 10.6. The van der Waals surface area contributed by atoms with Crippen molar-refractivity contribution in [2.45, 2.75) is 6.92 Å².